The lowest BCUT2D eigenvalue weighted by Gasteiger charge is -2.42. The number of rotatable bonds is 28. The third-order valence-electron chi connectivity index (χ3n) is 9.83. The summed E-state index contributed by atoms with van der Waals surface area (Å²) < 4.78 is 22.8. The van der Waals surface area contributed by atoms with E-state index >= 15 is 0 Å². The van der Waals surface area contributed by atoms with Gasteiger partial charge in [0.2, 0.25) is 29.5 Å². The normalized spacial score (nSPS) is 26.2. The minimum atomic E-state index is -1.43. The van der Waals surface area contributed by atoms with Crippen molar-refractivity contribution < 1.29 is 68.1 Å². The van der Waals surface area contributed by atoms with Gasteiger partial charge in [0.1, 0.15) is 42.2 Å². The summed E-state index contributed by atoms with van der Waals surface area (Å²) in [5, 5.41) is 54.2. The first-order valence-electron chi connectivity index (χ1n) is 20.7. The Morgan fingerprint density at radius 3 is 1.86 bits per heavy atom. The molecular weight excluding hydrogens is 762 g/mol. The average Bonchev–Trinajstić information content (AvgIpc) is 3.15. The predicted octanol–water partition coefficient (Wildman–Crippen LogP) is -0.659. The van der Waals surface area contributed by atoms with Crippen LogP contribution >= 0.6 is 0 Å². The van der Waals surface area contributed by atoms with Gasteiger partial charge in [0.05, 0.1) is 18.8 Å². The van der Waals surface area contributed by atoms with Crippen molar-refractivity contribution in [2.45, 2.75) is 179 Å². The minimum Gasteiger partial charge on any atom is -0.394 e. The van der Waals surface area contributed by atoms with E-state index in [0.717, 1.165) is 12.8 Å². The summed E-state index contributed by atoms with van der Waals surface area (Å²) >= 11 is 0. The highest BCUT2D eigenvalue weighted by molar-refractivity contribution is 5.87. The fourth-order valence-corrected chi connectivity index (χ4v) is 6.70. The third-order valence-corrected chi connectivity index (χ3v) is 9.83. The second-order valence-electron chi connectivity index (χ2n) is 15.2. The van der Waals surface area contributed by atoms with Gasteiger partial charge in [-0.15, -0.1) is 0 Å². The van der Waals surface area contributed by atoms with Gasteiger partial charge in [-0.1, -0.05) is 6.42 Å². The SMILES string of the molecule is CC(=O)CCCCCNC(=O)[C@H](CCCCNC(=O)CCCCOC1OC(C)CC(O)C1NC(C)=O)NC(=O)CCCCOC1OC(CO)C(O)C(O)C1NC(C)=O. The van der Waals surface area contributed by atoms with Crippen LogP contribution in [0.25, 0.3) is 0 Å². The van der Waals surface area contributed by atoms with Crippen molar-refractivity contribution >= 4 is 35.3 Å². The van der Waals surface area contributed by atoms with E-state index in [9.17, 15) is 49.2 Å². The Kier molecular flexibility index (Phi) is 24.7. The lowest BCUT2D eigenvalue weighted by Crippen LogP contribution is -2.64. The van der Waals surface area contributed by atoms with E-state index in [1.165, 1.54) is 13.8 Å². The molecule has 19 nitrogen and oxygen atoms in total. The number of aliphatic hydroxyl groups excluding tert-OH is 4. The van der Waals surface area contributed by atoms with E-state index in [2.05, 4.69) is 26.6 Å². The second kappa shape index (κ2) is 28.2. The quantitative estimate of drug-likeness (QED) is 0.0443. The van der Waals surface area contributed by atoms with Gasteiger partial charge < -0.3 is 70.8 Å². The lowest BCUT2D eigenvalue weighted by molar-refractivity contribution is -0.270. The predicted molar refractivity (Wildman–Crippen MR) is 208 cm³/mol. The van der Waals surface area contributed by atoms with Crippen LogP contribution in [0.3, 0.4) is 0 Å². The Morgan fingerprint density at radius 1 is 0.672 bits per heavy atom. The fraction of sp³-hybridized carbons (Fsp3) is 0.846. The van der Waals surface area contributed by atoms with Crippen LogP contribution in [0.5, 0.6) is 0 Å². The summed E-state index contributed by atoms with van der Waals surface area (Å²) in [5.41, 5.74) is 0. The number of Topliss-reactive ketones (excluding diaryl/α,β-unsaturated/α-hetero) is 1. The number of carbonyl (C=O) groups is 6. The van der Waals surface area contributed by atoms with Crippen molar-refractivity contribution in [1.82, 2.24) is 26.6 Å². The van der Waals surface area contributed by atoms with Gasteiger partial charge in [-0.05, 0) is 71.6 Å². The third kappa shape index (κ3) is 20.1. The molecule has 0 aromatic heterocycles. The van der Waals surface area contributed by atoms with E-state index in [1.807, 2.05) is 6.92 Å². The van der Waals surface area contributed by atoms with Crippen molar-refractivity contribution in [3.63, 3.8) is 0 Å². The Bertz CT molecular complexity index is 1280. The smallest absolute Gasteiger partial charge is 0.242 e. The van der Waals surface area contributed by atoms with Crippen molar-refractivity contribution in [3.05, 3.63) is 0 Å². The van der Waals surface area contributed by atoms with Gasteiger partial charge in [-0.3, -0.25) is 24.0 Å². The van der Waals surface area contributed by atoms with Crippen LogP contribution in [-0.2, 0) is 47.7 Å². The molecule has 58 heavy (non-hydrogen) atoms. The largest absolute Gasteiger partial charge is 0.394 e. The summed E-state index contributed by atoms with van der Waals surface area (Å²) in [6, 6.07) is -2.53. The van der Waals surface area contributed by atoms with Crippen LogP contribution in [0.4, 0.5) is 0 Å². The van der Waals surface area contributed by atoms with Gasteiger partial charge in [-0.25, -0.2) is 0 Å². The van der Waals surface area contributed by atoms with Gasteiger partial charge in [0.15, 0.2) is 12.6 Å². The standard InChI is InChI=1S/C39H69N5O14/c1-24(46)14-6-5-10-19-41-37(54)28(44-32(51)17-9-13-21-56-39-34(43-27(4)48)36(53)35(52)30(23-45)58-39)15-7-11-18-40-31(50)16-8-12-20-55-38-33(42-26(3)47)29(49)22-25(2)57-38/h25,28-30,33-36,38-39,45,49,52-53H,5-23H2,1-4H3,(H,40,50)(H,41,54)(H,42,47)(H,43,48)(H,44,51)/t25?,28-,29?,30?,33?,34?,35?,36?,38?,39?/m0/s1. The Balaban J connectivity index is 1.75. The first kappa shape index (κ1) is 50.8. The number of unbranched alkanes of at least 4 members (excludes halogenated alkanes) is 5. The molecule has 2 aliphatic heterocycles. The zero-order valence-electron chi connectivity index (χ0n) is 34.6. The van der Waals surface area contributed by atoms with Gasteiger partial charge in [0.25, 0.3) is 0 Å². The Hall–Kier alpha value is -3.30. The summed E-state index contributed by atoms with van der Waals surface area (Å²) in [5.74, 6) is -1.44. The highest BCUT2D eigenvalue weighted by Gasteiger charge is 2.45. The number of nitrogens with one attached hydrogen (secondary N) is 5. The molecule has 0 bridgehead atoms. The molecule has 2 fully saturated rings. The van der Waals surface area contributed by atoms with E-state index in [1.54, 1.807) is 6.92 Å². The average molecular weight is 832 g/mol. The molecule has 0 aromatic carbocycles. The topological polar surface area (TPSA) is 280 Å². The van der Waals surface area contributed by atoms with Crippen LogP contribution in [-0.4, -0.2) is 150 Å². The molecule has 0 aliphatic carbocycles. The Morgan fingerprint density at radius 2 is 1.24 bits per heavy atom. The van der Waals surface area contributed by atoms with Crippen molar-refractivity contribution in [3.8, 4) is 0 Å². The molecule has 0 spiro atoms. The molecule has 19 heteroatoms. The first-order valence-corrected chi connectivity index (χ1v) is 20.7. The summed E-state index contributed by atoms with van der Waals surface area (Å²) in [6.07, 6.45) is -0.0964. The van der Waals surface area contributed by atoms with Crippen molar-refractivity contribution in [2.24, 2.45) is 0 Å². The number of hydrogen-bond acceptors (Lipinski definition) is 14. The molecule has 10 atom stereocenters. The van der Waals surface area contributed by atoms with Gasteiger partial charge in [-0.2, -0.15) is 0 Å². The molecule has 0 saturated carbocycles. The number of amides is 5. The number of ketones is 1. The lowest BCUT2D eigenvalue weighted by atomic mass is 9.97. The molecule has 0 aromatic rings. The number of carbonyl (C=O) groups excluding carboxylic acids is 6. The maximum absolute atomic E-state index is 13.1. The molecule has 334 valence electrons. The van der Waals surface area contributed by atoms with Crippen molar-refractivity contribution in [2.75, 3.05) is 32.9 Å². The molecule has 2 heterocycles. The molecule has 2 rings (SSSR count). The van der Waals surface area contributed by atoms with E-state index in [0.29, 0.717) is 77.3 Å². The second-order valence-corrected chi connectivity index (χ2v) is 15.2. The molecule has 2 saturated heterocycles. The van der Waals surface area contributed by atoms with Gasteiger partial charge >= 0.3 is 0 Å². The summed E-state index contributed by atoms with van der Waals surface area (Å²) in [7, 11) is 0. The first-order chi connectivity index (χ1) is 27.6. The molecule has 5 amide bonds. The van der Waals surface area contributed by atoms with E-state index in [4.69, 9.17) is 18.9 Å². The molecule has 9 unspecified atom stereocenters. The van der Waals surface area contributed by atoms with Crippen LogP contribution in [0.1, 0.15) is 118 Å². The number of hydrogen-bond donors (Lipinski definition) is 9. The number of ether oxygens (including phenoxy) is 4. The molecule has 0 radical (unpaired) electrons. The zero-order valence-corrected chi connectivity index (χ0v) is 34.6. The minimum absolute atomic E-state index is 0.0855. The highest BCUT2D eigenvalue weighted by Crippen LogP contribution is 2.23. The number of aliphatic hydroxyl groups is 4. The zero-order chi connectivity index (χ0) is 43.0. The van der Waals surface area contributed by atoms with Crippen LogP contribution in [0.2, 0.25) is 0 Å². The molecular formula is C39H69N5O14. The van der Waals surface area contributed by atoms with Crippen molar-refractivity contribution in [1.29, 1.82) is 0 Å². The fourth-order valence-electron chi connectivity index (χ4n) is 6.70. The van der Waals surface area contributed by atoms with Crippen LogP contribution in [0.15, 0.2) is 0 Å². The molecule has 2 aliphatic rings. The van der Waals surface area contributed by atoms with Crippen LogP contribution in [0, 0.1) is 0 Å². The van der Waals surface area contributed by atoms with E-state index < -0.39 is 67.6 Å². The molecule has 9 N–H and O–H groups in total. The maximum atomic E-state index is 13.1. The van der Waals surface area contributed by atoms with Gasteiger partial charge in [0, 0.05) is 65.8 Å². The monoisotopic (exact) mass is 831 g/mol. The summed E-state index contributed by atoms with van der Waals surface area (Å²) in [4.78, 5) is 72.8. The van der Waals surface area contributed by atoms with Crippen LogP contribution < -0.4 is 26.6 Å². The van der Waals surface area contributed by atoms with E-state index in [-0.39, 0.29) is 61.6 Å². The maximum Gasteiger partial charge on any atom is 0.242 e. The highest BCUT2D eigenvalue weighted by atomic mass is 16.7. The summed E-state index contributed by atoms with van der Waals surface area (Å²) in [6.45, 7) is 6.56. The Labute approximate surface area is 341 Å².